The highest BCUT2D eigenvalue weighted by Crippen LogP contribution is 2.29. The van der Waals surface area contributed by atoms with Crippen LogP contribution in [0.2, 0.25) is 5.02 Å². The second kappa shape index (κ2) is 6.87. The van der Waals surface area contributed by atoms with Crippen LogP contribution in [0, 0.1) is 0 Å². The molecule has 0 aliphatic carbocycles. The Morgan fingerprint density at radius 3 is 2.61 bits per heavy atom. The maximum atomic E-state index is 12.2. The molecule has 1 aromatic heterocycles. The lowest BCUT2D eigenvalue weighted by Crippen LogP contribution is -2.15. The number of aromatic nitrogens is 1. The van der Waals surface area contributed by atoms with Crippen molar-refractivity contribution in [2.24, 2.45) is 0 Å². The normalized spacial score (nSPS) is 12.1. The van der Waals surface area contributed by atoms with Gasteiger partial charge in [-0.1, -0.05) is 32.0 Å². The van der Waals surface area contributed by atoms with E-state index < -0.39 is 12.6 Å². The quantitative estimate of drug-likeness (QED) is 0.671. The molecule has 2 nitrogen and oxygen atoms in total. The first-order chi connectivity index (χ1) is 10.7. The van der Waals surface area contributed by atoms with Crippen molar-refractivity contribution in [3.05, 3.63) is 46.8 Å². The number of allylic oxidation sites excluding steroid dienone is 1. The van der Waals surface area contributed by atoms with Gasteiger partial charge in [0.25, 0.3) is 0 Å². The Hall–Kier alpha value is -1.62. The number of hydrogen-bond acceptors (Lipinski definition) is 1. The smallest absolute Gasteiger partial charge is 0.383 e. The summed E-state index contributed by atoms with van der Waals surface area (Å²) in [6, 6.07) is 5.87. The number of alkyl halides is 3. The zero-order valence-corrected chi connectivity index (χ0v) is 13.9. The third-order valence-corrected chi connectivity index (χ3v) is 3.98. The van der Waals surface area contributed by atoms with Crippen LogP contribution >= 0.6 is 11.6 Å². The van der Waals surface area contributed by atoms with E-state index in [1.54, 1.807) is 0 Å². The Labute approximate surface area is 138 Å². The number of fused-ring (bicyclic) bond motifs is 1. The van der Waals surface area contributed by atoms with Gasteiger partial charge in [-0.25, -0.2) is 0 Å². The zero-order chi connectivity index (χ0) is 17.2. The zero-order valence-electron chi connectivity index (χ0n) is 13.1. The second-order valence-corrected chi connectivity index (χ2v) is 6.39. The van der Waals surface area contributed by atoms with Crippen molar-refractivity contribution in [2.75, 3.05) is 0 Å². The molecule has 2 rings (SSSR count). The molecule has 1 heterocycles. The van der Waals surface area contributed by atoms with Crippen LogP contribution in [0.25, 0.3) is 10.9 Å². The molecule has 0 fully saturated rings. The minimum absolute atomic E-state index is 0.118. The highest BCUT2D eigenvalue weighted by Gasteiger charge is 2.26. The topological polar surface area (TPSA) is 27.8 Å². The van der Waals surface area contributed by atoms with Crippen molar-refractivity contribution < 1.29 is 13.2 Å². The lowest BCUT2D eigenvalue weighted by Gasteiger charge is -2.10. The van der Waals surface area contributed by atoms with Crippen molar-refractivity contribution in [2.45, 2.75) is 45.3 Å². The van der Waals surface area contributed by atoms with Gasteiger partial charge in [0.2, 0.25) is 0 Å². The highest BCUT2D eigenvalue weighted by molar-refractivity contribution is 6.32. The molecule has 0 unspecified atom stereocenters. The molecule has 0 radical (unpaired) electrons. The molecule has 0 saturated carbocycles. The lowest BCUT2D eigenvalue weighted by atomic mass is 10.0. The van der Waals surface area contributed by atoms with Crippen LogP contribution in [-0.4, -0.2) is 11.2 Å². The lowest BCUT2D eigenvalue weighted by molar-refractivity contribution is -0.134. The van der Waals surface area contributed by atoms with Gasteiger partial charge < -0.3 is 10.3 Å². The molecule has 6 heteroatoms. The number of halogens is 4. The van der Waals surface area contributed by atoms with Crippen LogP contribution in [0.1, 0.15) is 43.9 Å². The molecule has 126 valence electrons. The molecule has 2 aromatic rings. The minimum Gasteiger partial charge on any atom is -0.383 e. The average Bonchev–Trinajstić information content (AvgIpc) is 2.82. The summed E-state index contributed by atoms with van der Waals surface area (Å²) in [6.07, 6.45) is -5.14. The van der Waals surface area contributed by atoms with Crippen LogP contribution in [0.15, 0.2) is 30.5 Å². The highest BCUT2D eigenvalue weighted by atomic mass is 35.5. The van der Waals surface area contributed by atoms with Gasteiger partial charge in [0.1, 0.15) is 0 Å². The summed E-state index contributed by atoms with van der Waals surface area (Å²) in [5.41, 5.74) is 3.29. The van der Waals surface area contributed by atoms with Gasteiger partial charge in [-0.2, -0.15) is 13.2 Å². The SMILES string of the molecule is C=C(CCC(F)(F)F)NCc1cc2cc(Cl)c(C(C)C)cc2[nH]1. The van der Waals surface area contributed by atoms with E-state index in [1.807, 2.05) is 18.2 Å². The number of aromatic amines is 1. The maximum Gasteiger partial charge on any atom is 0.389 e. The Morgan fingerprint density at radius 2 is 2.00 bits per heavy atom. The Bertz CT molecular complexity index is 702. The first-order valence-electron chi connectivity index (χ1n) is 7.45. The Morgan fingerprint density at radius 1 is 1.30 bits per heavy atom. The van der Waals surface area contributed by atoms with Crippen molar-refractivity contribution in [3.8, 4) is 0 Å². The van der Waals surface area contributed by atoms with Crippen molar-refractivity contribution in [1.82, 2.24) is 10.3 Å². The Balaban J connectivity index is 2.03. The van der Waals surface area contributed by atoms with E-state index >= 15 is 0 Å². The molecule has 0 amide bonds. The summed E-state index contributed by atoms with van der Waals surface area (Å²) < 4.78 is 36.5. The number of nitrogens with one attached hydrogen (secondary N) is 2. The molecule has 1 aromatic carbocycles. The van der Waals surface area contributed by atoms with Gasteiger partial charge >= 0.3 is 6.18 Å². The van der Waals surface area contributed by atoms with Gasteiger partial charge in [-0.05, 0) is 36.1 Å². The van der Waals surface area contributed by atoms with Gasteiger partial charge in [0.05, 0.1) is 6.54 Å². The van der Waals surface area contributed by atoms with Crippen molar-refractivity contribution in [1.29, 1.82) is 0 Å². The van der Waals surface area contributed by atoms with Crippen LogP contribution in [0.4, 0.5) is 13.2 Å². The number of hydrogen-bond donors (Lipinski definition) is 2. The summed E-state index contributed by atoms with van der Waals surface area (Å²) in [4.78, 5) is 3.26. The molecular weight excluding hydrogens is 325 g/mol. The van der Waals surface area contributed by atoms with E-state index in [2.05, 4.69) is 30.7 Å². The van der Waals surface area contributed by atoms with Crippen LogP contribution < -0.4 is 5.32 Å². The standard InChI is InChI=1S/C17H20ClF3N2/c1-10(2)14-8-16-12(7-15(14)18)6-13(23-16)9-22-11(3)4-5-17(19,20)21/h6-8,10,22-23H,3-5,9H2,1-2H3. The molecule has 23 heavy (non-hydrogen) atoms. The van der Waals surface area contributed by atoms with Gasteiger partial charge in [-0.3, -0.25) is 0 Å². The van der Waals surface area contributed by atoms with Crippen LogP contribution in [-0.2, 0) is 6.54 Å². The third kappa shape index (κ3) is 4.93. The van der Waals surface area contributed by atoms with Gasteiger partial charge in [0.15, 0.2) is 0 Å². The summed E-state index contributed by atoms with van der Waals surface area (Å²) in [7, 11) is 0. The minimum atomic E-state index is -4.16. The maximum absolute atomic E-state index is 12.2. The fourth-order valence-corrected chi connectivity index (χ4v) is 2.76. The van der Waals surface area contributed by atoms with E-state index in [-0.39, 0.29) is 6.42 Å². The summed E-state index contributed by atoms with van der Waals surface area (Å²) in [6.45, 7) is 8.18. The largest absolute Gasteiger partial charge is 0.389 e. The predicted molar refractivity (Wildman–Crippen MR) is 88.7 cm³/mol. The van der Waals surface area contributed by atoms with E-state index in [4.69, 9.17) is 11.6 Å². The third-order valence-electron chi connectivity index (χ3n) is 3.65. The van der Waals surface area contributed by atoms with E-state index in [0.717, 1.165) is 27.2 Å². The van der Waals surface area contributed by atoms with E-state index in [1.165, 1.54) is 0 Å². The van der Waals surface area contributed by atoms with Gasteiger partial charge in [-0.15, -0.1) is 0 Å². The van der Waals surface area contributed by atoms with Crippen LogP contribution in [0.5, 0.6) is 0 Å². The molecule has 0 aliphatic heterocycles. The molecule has 0 aliphatic rings. The van der Waals surface area contributed by atoms with E-state index in [0.29, 0.717) is 18.2 Å². The van der Waals surface area contributed by atoms with Crippen molar-refractivity contribution in [3.63, 3.8) is 0 Å². The monoisotopic (exact) mass is 344 g/mol. The first kappa shape index (κ1) is 17.7. The summed E-state index contributed by atoms with van der Waals surface area (Å²) in [5, 5.41) is 4.63. The molecule has 0 bridgehead atoms. The Kier molecular flexibility index (Phi) is 5.30. The molecule has 0 spiro atoms. The predicted octanol–water partition coefficient (Wildman–Crippen LogP) is 5.89. The molecular formula is C17H20ClF3N2. The van der Waals surface area contributed by atoms with E-state index in [9.17, 15) is 13.2 Å². The number of H-pyrrole nitrogens is 1. The fraction of sp³-hybridized carbons (Fsp3) is 0.412. The molecule has 2 N–H and O–H groups in total. The van der Waals surface area contributed by atoms with Gasteiger partial charge in [0, 0.05) is 33.7 Å². The summed E-state index contributed by atoms with van der Waals surface area (Å²) in [5.74, 6) is 0.318. The number of benzene rings is 1. The molecule has 0 atom stereocenters. The van der Waals surface area contributed by atoms with Crippen LogP contribution in [0.3, 0.4) is 0 Å². The fourth-order valence-electron chi connectivity index (χ4n) is 2.37. The number of rotatable bonds is 6. The average molecular weight is 345 g/mol. The first-order valence-corrected chi connectivity index (χ1v) is 7.83. The second-order valence-electron chi connectivity index (χ2n) is 5.98. The molecule has 0 saturated heterocycles. The van der Waals surface area contributed by atoms with Crippen molar-refractivity contribution >= 4 is 22.5 Å². The summed E-state index contributed by atoms with van der Waals surface area (Å²) >= 11 is 6.27.